The predicted octanol–water partition coefficient (Wildman–Crippen LogP) is 3.16. The molecule has 1 aliphatic rings. The Hall–Kier alpha value is -0.410. The molecule has 0 aromatic carbocycles. The molecule has 0 spiro atoms. The molecule has 1 aromatic rings. The van der Waals surface area contributed by atoms with Crippen LogP contribution in [-0.2, 0) is 6.42 Å². The molecule has 16 heavy (non-hydrogen) atoms. The summed E-state index contributed by atoms with van der Waals surface area (Å²) in [5.74, 6) is 1.03. The van der Waals surface area contributed by atoms with Crippen LogP contribution < -0.4 is 5.32 Å². The van der Waals surface area contributed by atoms with E-state index in [1.54, 1.807) is 11.3 Å². The van der Waals surface area contributed by atoms with Crippen LogP contribution in [0.1, 0.15) is 43.3 Å². The first kappa shape index (κ1) is 12.1. The van der Waals surface area contributed by atoms with Gasteiger partial charge in [-0.15, -0.1) is 11.3 Å². The summed E-state index contributed by atoms with van der Waals surface area (Å²) in [6, 6.07) is 0.700. The smallest absolute Gasteiger partial charge is 0.0928 e. The summed E-state index contributed by atoms with van der Waals surface area (Å²) >= 11 is 1.79. The van der Waals surface area contributed by atoms with Crippen molar-refractivity contribution in [2.75, 3.05) is 6.54 Å². The Morgan fingerprint density at radius 3 is 3.00 bits per heavy atom. The van der Waals surface area contributed by atoms with E-state index in [9.17, 15) is 0 Å². The quantitative estimate of drug-likeness (QED) is 0.738. The van der Waals surface area contributed by atoms with Crippen molar-refractivity contribution in [1.82, 2.24) is 10.3 Å². The van der Waals surface area contributed by atoms with Gasteiger partial charge in [-0.2, -0.15) is 0 Å². The number of nitrogens with one attached hydrogen (secondary N) is 1. The molecular weight excluding hydrogens is 216 g/mol. The second-order valence-electron chi connectivity index (χ2n) is 5.02. The van der Waals surface area contributed by atoms with Gasteiger partial charge in [-0.25, -0.2) is 4.98 Å². The van der Waals surface area contributed by atoms with Crippen LogP contribution in [-0.4, -0.2) is 17.6 Å². The van der Waals surface area contributed by atoms with Crippen molar-refractivity contribution in [3.05, 3.63) is 16.1 Å². The van der Waals surface area contributed by atoms with Gasteiger partial charge in [-0.05, 0) is 39.2 Å². The van der Waals surface area contributed by atoms with Crippen LogP contribution in [0.3, 0.4) is 0 Å². The van der Waals surface area contributed by atoms with Crippen LogP contribution in [0, 0.1) is 12.8 Å². The SMILES string of the molecule is Cc1csc(CCCNC(C)CC2CC2)n1. The number of aromatic nitrogens is 1. The van der Waals surface area contributed by atoms with E-state index in [1.807, 2.05) is 0 Å². The molecule has 1 atom stereocenters. The summed E-state index contributed by atoms with van der Waals surface area (Å²) in [4.78, 5) is 4.48. The van der Waals surface area contributed by atoms with Crippen LogP contribution >= 0.6 is 11.3 Å². The van der Waals surface area contributed by atoms with Crippen molar-refractivity contribution in [3.8, 4) is 0 Å². The number of aryl methyl sites for hydroxylation is 2. The van der Waals surface area contributed by atoms with E-state index in [2.05, 4.69) is 29.5 Å². The highest BCUT2D eigenvalue weighted by molar-refractivity contribution is 7.09. The van der Waals surface area contributed by atoms with E-state index in [-0.39, 0.29) is 0 Å². The van der Waals surface area contributed by atoms with E-state index in [4.69, 9.17) is 0 Å². The Morgan fingerprint density at radius 2 is 2.38 bits per heavy atom. The normalized spacial score (nSPS) is 17.6. The van der Waals surface area contributed by atoms with Crippen molar-refractivity contribution in [3.63, 3.8) is 0 Å². The Morgan fingerprint density at radius 1 is 1.56 bits per heavy atom. The number of nitrogens with zero attached hydrogens (tertiary/aromatic N) is 1. The molecule has 1 N–H and O–H groups in total. The largest absolute Gasteiger partial charge is 0.314 e. The van der Waals surface area contributed by atoms with Gasteiger partial charge in [0.15, 0.2) is 0 Å². The third-order valence-corrected chi connectivity index (χ3v) is 4.14. The zero-order chi connectivity index (χ0) is 11.4. The summed E-state index contributed by atoms with van der Waals surface area (Å²) in [6.07, 6.45) is 6.63. The van der Waals surface area contributed by atoms with Crippen LogP contribution in [0.2, 0.25) is 0 Å². The fourth-order valence-corrected chi connectivity index (χ4v) is 2.86. The Balaban J connectivity index is 1.54. The lowest BCUT2D eigenvalue weighted by Gasteiger charge is -2.12. The molecule has 1 aromatic heterocycles. The van der Waals surface area contributed by atoms with Crippen molar-refractivity contribution in [2.24, 2.45) is 5.92 Å². The summed E-state index contributed by atoms with van der Waals surface area (Å²) < 4.78 is 0. The standard InChI is InChI=1S/C13H22N2S/c1-10(8-12-5-6-12)14-7-3-4-13-15-11(2)9-16-13/h9-10,12,14H,3-8H2,1-2H3. The van der Waals surface area contributed by atoms with E-state index in [1.165, 1.54) is 30.7 Å². The molecule has 2 rings (SSSR count). The molecular formula is C13H22N2S. The summed E-state index contributed by atoms with van der Waals surface area (Å²) in [5, 5.41) is 7.03. The number of hydrogen-bond donors (Lipinski definition) is 1. The topological polar surface area (TPSA) is 24.9 Å². The highest BCUT2D eigenvalue weighted by atomic mass is 32.1. The minimum atomic E-state index is 0.700. The van der Waals surface area contributed by atoms with Gasteiger partial charge >= 0.3 is 0 Å². The molecule has 90 valence electrons. The average Bonchev–Trinajstić information content (AvgIpc) is 2.95. The van der Waals surface area contributed by atoms with Gasteiger partial charge in [0, 0.05) is 23.5 Å². The predicted molar refractivity (Wildman–Crippen MR) is 70.0 cm³/mol. The molecule has 0 bridgehead atoms. The van der Waals surface area contributed by atoms with E-state index in [0.717, 1.165) is 24.6 Å². The second-order valence-corrected chi connectivity index (χ2v) is 5.96. The molecule has 2 nitrogen and oxygen atoms in total. The van der Waals surface area contributed by atoms with Gasteiger partial charge in [-0.1, -0.05) is 12.8 Å². The maximum Gasteiger partial charge on any atom is 0.0928 e. The van der Waals surface area contributed by atoms with Crippen molar-refractivity contribution in [1.29, 1.82) is 0 Å². The number of thiazole rings is 1. The van der Waals surface area contributed by atoms with Gasteiger partial charge in [-0.3, -0.25) is 0 Å². The van der Waals surface area contributed by atoms with Crippen molar-refractivity contribution in [2.45, 2.75) is 52.0 Å². The highest BCUT2D eigenvalue weighted by Gasteiger charge is 2.22. The fraction of sp³-hybridized carbons (Fsp3) is 0.769. The average molecular weight is 238 g/mol. The molecule has 0 saturated heterocycles. The first-order chi connectivity index (χ1) is 7.74. The van der Waals surface area contributed by atoms with E-state index >= 15 is 0 Å². The maximum absolute atomic E-state index is 4.48. The Kier molecular flexibility index (Phi) is 4.36. The van der Waals surface area contributed by atoms with E-state index < -0.39 is 0 Å². The third-order valence-electron chi connectivity index (χ3n) is 3.11. The molecule has 1 fully saturated rings. The molecule has 0 amide bonds. The summed E-state index contributed by atoms with van der Waals surface area (Å²) in [6.45, 7) is 5.51. The van der Waals surface area contributed by atoms with Gasteiger partial charge in [0.25, 0.3) is 0 Å². The zero-order valence-electron chi connectivity index (χ0n) is 10.3. The monoisotopic (exact) mass is 238 g/mol. The van der Waals surface area contributed by atoms with Gasteiger partial charge in [0.2, 0.25) is 0 Å². The van der Waals surface area contributed by atoms with Crippen molar-refractivity contribution >= 4 is 11.3 Å². The lowest BCUT2D eigenvalue weighted by molar-refractivity contribution is 0.482. The first-order valence-corrected chi connectivity index (χ1v) is 7.26. The molecule has 1 unspecified atom stereocenters. The fourth-order valence-electron chi connectivity index (χ4n) is 2.04. The number of hydrogen-bond acceptors (Lipinski definition) is 3. The molecule has 1 saturated carbocycles. The Labute approximate surface area is 102 Å². The minimum absolute atomic E-state index is 0.700. The summed E-state index contributed by atoms with van der Waals surface area (Å²) in [5.41, 5.74) is 1.16. The molecule has 1 aliphatic carbocycles. The van der Waals surface area contributed by atoms with E-state index in [0.29, 0.717) is 6.04 Å². The second kappa shape index (κ2) is 5.78. The first-order valence-electron chi connectivity index (χ1n) is 6.38. The van der Waals surface area contributed by atoms with Crippen LogP contribution in [0.5, 0.6) is 0 Å². The van der Waals surface area contributed by atoms with Gasteiger partial charge in [0.1, 0.15) is 0 Å². The highest BCUT2D eigenvalue weighted by Crippen LogP contribution is 2.33. The van der Waals surface area contributed by atoms with Crippen molar-refractivity contribution < 1.29 is 0 Å². The maximum atomic E-state index is 4.48. The molecule has 1 heterocycles. The van der Waals surface area contributed by atoms with Crippen LogP contribution in [0.25, 0.3) is 0 Å². The summed E-state index contributed by atoms with van der Waals surface area (Å²) in [7, 11) is 0. The zero-order valence-corrected chi connectivity index (χ0v) is 11.1. The molecule has 0 radical (unpaired) electrons. The van der Waals surface area contributed by atoms with Gasteiger partial charge < -0.3 is 5.32 Å². The lowest BCUT2D eigenvalue weighted by atomic mass is 10.1. The minimum Gasteiger partial charge on any atom is -0.314 e. The van der Waals surface area contributed by atoms with Gasteiger partial charge in [0.05, 0.1) is 5.01 Å². The Bertz CT molecular complexity index is 317. The molecule has 0 aliphatic heterocycles. The van der Waals surface area contributed by atoms with Crippen LogP contribution in [0.15, 0.2) is 5.38 Å². The number of rotatable bonds is 7. The van der Waals surface area contributed by atoms with Crippen LogP contribution in [0.4, 0.5) is 0 Å². The third kappa shape index (κ3) is 4.22. The molecule has 3 heteroatoms. The lowest BCUT2D eigenvalue weighted by Crippen LogP contribution is -2.27.